The van der Waals surface area contributed by atoms with Crippen LogP contribution >= 0.6 is 0 Å². The molecule has 3 heteroatoms. The number of fused-ring (bicyclic) bond motifs is 1. The highest BCUT2D eigenvalue weighted by Gasteiger charge is 2.30. The maximum Gasteiger partial charge on any atom is 0.335 e. The van der Waals surface area contributed by atoms with Crippen molar-refractivity contribution in [1.29, 1.82) is 0 Å². The number of carboxylic acids is 1. The fourth-order valence-electron chi connectivity index (χ4n) is 3.92. The first-order valence-electron chi connectivity index (χ1n) is 8.98. The molecule has 0 spiro atoms. The first-order valence-corrected chi connectivity index (χ1v) is 8.98. The van der Waals surface area contributed by atoms with Gasteiger partial charge in [-0.05, 0) is 91.0 Å². The van der Waals surface area contributed by atoms with E-state index in [0.717, 1.165) is 30.4 Å². The van der Waals surface area contributed by atoms with Gasteiger partial charge in [-0.25, -0.2) is 4.79 Å². The standard InChI is InChI=1S/C21H21NO2/c23-21(24)16-5-6-20-15(9-16)7-8-22(20)19-11-17(13-1-2-13)10-18(12-19)14-3-4-14/h5-6,9-14H,1-4,7-8H2,(H,23,24). The molecule has 2 aliphatic carbocycles. The average Bonchev–Trinajstić information content (AvgIpc) is 3.49. The van der Waals surface area contributed by atoms with Crippen LogP contribution in [0.5, 0.6) is 0 Å². The van der Waals surface area contributed by atoms with E-state index in [9.17, 15) is 9.90 Å². The van der Waals surface area contributed by atoms with E-state index in [1.807, 2.05) is 12.1 Å². The molecule has 0 radical (unpaired) electrons. The number of carboxylic acid groups (broad SMARTS) is 1. The normalized spacial score (nSPS) is 19.4. The molecule has 0 aromatic heterocycles. The lowest BCUT2D eigenvalue weighted by molar-refractivity contribution is 0.0697. The van der Waals surface area contributed by atoms with Gasteiger partial charge in [0.1, 0.15) is 0 Å². The van der Waals surface area contributed by atoms with E-state index < -0.39 is 5.97 Å². The van der Waals surface area contributed by atoms with E-state index in [-0.39, 0.29) is 0 Å². The molecule has 0 saturated heterocycles. The van der Waals surface area contributed by atoms with Gasteiger partial charge in [0.25, 0.3) is 0 Å². The van der Waals surface area contributed by atoms with Crippen molar-refractivity contribution in [3.63, 3.8) is 0 Å². The minimum absolute atomic E-state index is 0.390. The second-order valence-electron chi connectivity index (χ2n) is 7.46. The van der Waals surface area contributed by atoms with Crippen LogP contribution in [0.4, 0.5) is 11.4 Å². The van der Waals surface area contributed by atoms with Crippen molar-refractivity contribution in [3.05, 3.63) is 58.7 Å². The van der Waals surface area contributed by atoms with E-state index in [0.29, 0.717) is 5.56 Å². The van der Waals surface area contributed by atoms with Gasteiger partial charge in [-0.2, -0.15) is 0 Å². The molecular formula is C21H21NO2. The van der Waals surface area contributed by atoms with Gasteiger partial charge in [0.15, 0.2) is 0 Å². The summed E-state index contributed by atoms with van der Waals surface area (Å²) in [5, 5.41) is 9.19. The molecule has 0 bridgehead atoms. The average molecular weight is 319 g/mol. The predicted molar refractivity (Wildman–Crippen MR) is 94.5 cm³/mol. The third kappa shape index (κ3) is 2.39. The Morgan fingerprint density at radius 1 is 0.958 bits per heavy atom. The topological polar surface area (TPSA) is 40.5 Å². The Morgan fingerprint density at radius 3 is 2.21 bits per heavy atom. The van der Waals surface area contributed by atoms with Crippen molar-refractivity contribution in [2.45, 2.75) is 43.9 Å². The van der Waals surface area contributed by atoms with Gasteiger partial charge in [-0.3, -0.25) is 0 Å². The highest BCUT2D eigenvalue weighted by Crippen LogP contribution is 2.47. The summed E-state index contributed by atoms with van der Waals surface area (Å²) in [4.78, 5) is 13.6. The van der Waals surface area contributed by atoms with Crippen LogP contribution < -0.4 is 4.90 Å². The number of anilines is 2. The zero-order valence-corrected chi connectivity index (χ0v) is 13.7. The van der Waals surface area contributed by atoms with Crippen LogP contribution in [0.3, 0.4) is 0 Å². The molecular weight excluding hydrogens is 298 g/mol. The summed E-state index contributed by atoms with van der Waals surface area (Å²) >= 11 is 0. The Balaban J connectivity index is 1.55. The molecule has 0 amide bonds. The van der Waals surface area contributed by atoms with Gasteiger partial charge in [-0.15, -0.1) is 0 Å². The van der Waals surface area contributed by atoms with Gasteiger partial charge in [0, 0.05) is 17.9 Å². The zero-order chi connectivity index (χ0) is 16.3. The van der Waals surface area contributed by atoms with Crippen molar-refractivity contribution >= 4 is 17.3 Å². The molecule has 2 aromatic carbocycles. The Kier molecular flexibility index (Phi) is 2.99. The van der Waals surface area contributed by atoms with Crippen LogP contribution in [0.15, 0.2) is 36.4 Å². The molecule has 2 fully saturated rings. The van der Waals surface area contributed by atoms with Crippen LogP contribution in [0.25, 0.3) is 0 Å². The first-order chi connectivity index (χ1) is 11.7. The van der Waals surface area contributed by atoms with Crippen molar-refractivity contribution in [2.24, 2.45) is 0 Å². The lowest BCUT2D eigenvalue weighted by Gasteiger charge is -2.22. The number of nitrogens with zero attached hydrogens (tertiary/aromatic N) is 1. The van der Waals surface area contributed by atoms with E-state index in [1.54, 1.807) is 6.07 Å². The molecule has 122 valence electrons. The number of hydrogen-bond acceptors (Lipinski definition) is 2. The maximum absolute atomic E-state index is 11.2. The van der Waals surface area contributed by atoms with Crippen LogP contribution in [0.1, 0.15) is 64.6 Å². The Labute approximate surface area is 141 Å². The summed E-state index contributed by atoms with van der Waals surface area (Å²) in [5.74, 6) is 0.681. The predicted octanol–water partition coefficient (Wildman–Crippen LogP) is 4.83. The van der Waals surface area contributed by atoms with Crippen molar-refractivity contribution in [1.82, 2.24) is 0 Å². The second-order valence-corrected chi connectivity index (χ2v) is 7.46. The number of aromatic carboxylic acids is 1. The van der Waals surface area contributed by atoms with Gasteiger partial charge >= 0.3 is 5.97 Å². The highest BCUT2D eigenvalue weighted by molar-refractivity contribution is 5.89. The van der Waals surface area contributed by atoms with E-state index >= 15 is 0 Å². The Hall–Kier alpha value is -2.29. The smallest absolute Gasteiger partial charge is 0.335 e. The third-order valence-electron chi connectivity index (χ3n) is 5.59. The summed E-state index contributed by atoms with van der Waals surface area (Å²) < 4.78 is 0. The van der Waals surface area contributed by atoms with Crippen molar-refractivity contribution < 1.29 is 9.90 Å². The molecule has 2 aromatic rings. The summed E-state index contributed by atoms with van der Waals surface area (Å²) in [6, 6.07) is 12.7. The number of carbonyl (C=O) groups is 1. The molecule has 1 N–H and O–H groups in total. The van der Waals surface area contributed by atoms with Gasteiger partial charge in [0.05, 0.1) is 5.56 Å². The summed E-state index contributed by atoms with van der Waals surface area (Å²) in [5.41, 5.74) is 7.02. The van der Waals surface area contributed by atoms with Gasteiger partial charge < -0.3 is 10.0 Å². The fraction of sp³-hybridized carbons (Fsp3) is 0.381. The molecule has 0 atom stereocenters. The number of benzene rings is 2. The van der Waals surface area contributed by atoms with Crippen molar-refractivity contribution in [2.75, 3.05) is 11.4 Å². The third-order valence-corrected chi connectivity index (χ3v) is 5.59. The minimum atomic E-state index is -0.844. The zero-order valence-electron chi connectivity index (χ0n) is 13.7. The summed E-state index contributed by atoms with van der Waals surface area (Å²) in [6.07, 6.45) is 6.22. The van der Waals surface area contributed by atoms with Crippen molar-refractivity contribution in [3.8, 4) is 0 Å². The van der Waals surface area contributed by atoms with Gasteiger partial charge in [-0.1, -0.05) is 6.07 Å². The first kappa shape index (κ1) is 14.1. The largest absolute Gasteiger partial charge is 0.478 e. The SMILES string of the molecule is O=C(O)c1ccc2c(c1)CCN2c1cc(C2CC2)cc(C2CC2)c1. The lowest BCUT2D eigenvalue weighted by Crippen LogP contribution is -2.14. The van der Waals surface area contributed by atoms with Crippen LogP contribution in [0.2, 0.25) is 0 Å². The molecule has 0 unspecified atom stereocenters. The Morgan fingerprint density at radius 2 is 1.62 bits per heavy atom. The quantitative estimate of drug-likeness (QED) is 0.877. The highest BCUT2D eigenvalue weighted by atomic mass is 16.4. The number of hydrogen-bond donors (Lipinski definition) is 1. The van der Waals surface area contributed by atoms with Crippen LogP contribution in [-0.2, 0) is 6.42 Å². The van der Waals surface area contributed by atoms with Gasteiger partial charge in [0.2, 0.25) is 0 Å². The van der Waals surface area contributed by atoms with Crippen LogP contribution in [0, 0.1) is 0 Å². The minimum Gasteiger partial charge on any atom is -0.478 e. The molecule has 2 saturated carbocycles. The molecule has 3 nitrogen and oxygen atoms in total. The molecule has 24 heavy (non-hydrogen) atoms. The summed E-state index contributed by atoms with van der Waals surface area (Å²) in [6.45, 7) is 0.941. The van der Waals surface area contributed by atoms with E-state index in [4.69, 9.17) is 0 Å². The fourth-order valence-corrected chi connectivity index (χ4v) is 3.92. The molecule has 1 aliphatic heterocycles. The number of rotatable bonds is 4. The van der Waals surface area contributed by atoms with E-state index in [2.05, 4.69) is 23.1 Å². The molecule has 5 rings (SSSR count). The second kappa shape index (κ2) is 5.10. The maximum atomic E-state index is 11.2. The lowest BCUT2D eigenvalue weighted by atomic mass is 10.0. The monoisotopic (exact) mass is 319 g/mol. The Bertz CT molecular complexity index is 803. The molecule has 3 aliphatic rings. The van der Waals surface area contributed by atoms with E-state index in [1.165, 1.54) is 48.2 Å². The van der Waals surface area contributed by atoms with Crippen LogP contribution in [-0.4, -0.2) is 17.6 Å². The summed E-state index contributed by atoms with van der Waals surface area (Å²) in [7, 11) is 0. The molecule has 1 heterocycles.